The number of guanidine groups is 1. The van der Waals surface area contributed by atoms with E-state index in [0.29, 0.717) is 6.54 Å². The second-order valence-electron chi connectivity index (χ2n) is 4.81. The van der Waals surface area contributed by atoms with Gasteiger partial charge in [0.25, 0.3) is 0 Å². The Balaban J connectivity index is 2.68. The van der Waals surface area contributed by atoms with E-state index < -0.39 is 0 Å². The zero-order valence-corrected chi connectivity index (χ0v) is 15.2. The summed E-state index contributed by atoms with van der Waals surface area (Å²) in [5, 5.41) is 6.58. The maximum atomic E-state index is 13.4. The maximum absolute atomic E-state index is 13.4. The first-order chi connectivity index (χ1) is 10.7. The Morgan fingerprint density at radius 1 is 1.18 bits per heavy atom. The van der Waals surface area contributed by atoms with E-state index in [1.165, 1.54) is 6.07 Å². The highest BCUT2D eigenvalue weighted by Gasteiger charge is 2.04. The van der Waals surface area contributed by atoms with Crippen LogP contribution < -0.4 is 10.6 Å². The number of nitrogens with one attached hydrogen (secondary N) is 2. The molecule has 0 saturated heterocycles. The summed E-state index contributed by atoms with van der Waals surface area (Å²) in [6.45, 7) is 4.35. The fourth-order valence-electron chi connectivity index (χ4n) is 1.97. The average molecular weight is 344 g/mol. The summed E-state index contributed by atoms with van der Waals surface area (Å²) in [4.78, 5) is 4.61. The van der Waals surface area contributed by atoms with Crippen molar-refractivity contribution in [1.29, 1.82) is 0 Å². The molecule has 0 aromatic heterocycles. The van der Waals surface area contributed by atoms with Crippen LogP contribution in [0.25, 0.3) is 0 Å². The predicted molar refractivity (Wildman–Crippen MR) is 99.4 cm³/mol. The van der Waals surface area contributed by atoms with Crippen LogP contribution in [0.1, 0.15) is 24.5 Å². The molecule has 0 aliphatic carbocycles. The lowest BCUT2D eigenvalue weighted by Crippen LogP contribution is -2.37. The standard InChI is InChI=1S/C16H26FN3S2/c1-4-18-16(19-8-5-9-21-2)20-11-13-6-7-15(17)10-14(13)12-22-3/h6-7,10H,4-5,8-9,11-12H2,1-3H3,(H2,18,19,20). The van der Waals surface area contributed by atoms with Crippen molar-refractivity contribution in [3.05, 3.63) is 35.1 Å². The van der Waals surface area contributed by atoms with Gasteiger partial charge in [0.1, 0.15) is 5.82 Å². The Morgan fingerprint density at radius 3 is 2.68 bits per heavy atom. The first-order valence-corrected chi connectivity index (χ1v) is 10.3. The van der Waals surface area contributed by atoms with Gasteiger partial charge in [-0.3, -0.25) is 0 Å². The summed E-state index contributed by atoms with van der Waals surface area (Å²) in [7, 11) is 0. The van der Waals surface area contributed by atoms with Crippen molar-refractivity contribution < 1.29 is 4.39 Å². The summed E-state index contributed by atoms with van der Waals surface area (Å²) in [5.74, 6) is 2.59. The van der Waals surface area contributed by atoms with Gasteiger partial charge in [-0.15, -0.1) is 0 Å². The van der Waals surface area contributed by atoms with Crippen LogP contribution >= 0.6 is 23.5 Å². The number of nitrogens with zero attached hydrogens (tertiary/aromatic N) is 1. The van der Waals surface area contributed by atoms with Crippen LogP contribution in [0.15, 0.2) is 23.2 Å². The third-order valence-electron chi connectivity index (χ3n) is 3.04. The molecule has 1 rings (SSSR count). The molecule has 0 aliphatic rings. The van der Waals surface area contributed by atoms with Crippen molar-refractivity contribution in [2.45, 2.75) is 25.6 Å². The Labute approximate surface area is 141 Å². The zero-order chi connectivity index (χ0) is 16.2. The van der Waals surface area contributed by atoms with Crippen LogP contribution in [0.5, 0.6) is 0 Å². The molecule has 2 N–H and O–H groups in total. The van der Waals surface area contributed by atoms with Crippen LogP contribution in [0.4, 0.5) is 4.39 Å². The smallest absolute Gasteiger partial charge is 0.191 e. The Kier molecular flexibility index (Phi) is 10.2. The summed E-state index contributed by atoms with van der Waals surface area (Å²) in [5.41, 5.74) is 2.10. The number of halogens is 1. The topological polar surface area (TPSA) is 36.4 Å². The summed E-state index contributed by atoms with van der Waals surface area (Å²) in [6.07, 6.45) is 5.25. The van der Waals surface area contributed by atoms with Crippen LogP contribution in [-0.2, 0) is 12.3 Å². The molecule has 0 saturated carbocycles. The third kappa shape index (κ3) is 7.40. The molecule has 22 heavy (non-hydrogen) atoms. The lowest BCUT2D eigenvalue weighted by molar-refractivity contribution is 0.625. The summed E-state index contributed by atoms with van der Waals surface area (Å²) >= 11 is 3.54. The molecule has 0 spiro atoms. The van der Waals surface area contributed by atoms with Crippen LogP contribution in [0.2, 0.25) is 0 Å². The Bertz CT molecular complexity index is 467. The molecule has 0 heterocycles. The number of hydrogen-bond donors (Lipinski definition) is 2. The lowest BCUT2D eigenvalue weighted by Gasteiger charge is -2.12. The molecule has 124 valence electrons. The van der Waals surface area contributed by atoms with Gasteiger partial charge in [0.2, 0.25) is 0 Å². The van der Waals surface area contributed by atoms with E-state index in [-0.39, 0.29) is 5.82 Å². The molecule has 0 radical (unpaired) electrons. The zero-order valence-electron chi connectivity index (χ0n) is 13.6. The van der Waals surface area contributed by atoms with Crippen molar-refractivity contribution in [3.8, 4) is 0 Å². The van der Waals surface area contributed by atoms with Gasteiger partial charge in [0, 0.05) is 18.8 Å². The fraction of sp³-hybridized carbons (Fsp3) is 0.562. The maximum Gasteiger partial charge on any atom is 0.191 e. The first kappa shape index (κ1) is 19.2. The van der Waals surface area contributed by atoms with Crippen LogP contribution in [-0.4, -0.2) is 37.3 Å². The van der Waals surface area contributed by atoms with Crippen LogP contribution in [0, 0.1) is 5.82 Å². The predicted octanol–water partition coefficient (Wildman–Crippen LogP) is 3.50. The molecule has 1 aromatic carbocycles. The molecule has 6 heteroatoms. The average Bonchev–Trinajstić information content (AvgIpc) is 2.51. The third-order valence-corrected chi connectivity index (χ3v) is 4.33. The summed E-state index contributed by atoms with van der Waals surface area (Å²) in [6, 6.07) is 4.95. The van der Waals surface area contributed by atoms with E-state index in [2.05, 4.69) is 28.8 Å². The monoisotopic (exact) mass is 343 g/mol. The van der Waals surface area contributed by atoms with Gasteiger partial charge < -0.3 is 10.6 Å². The number of hydrogen-bond acceptors (Lipinski definition) is 3. The van der Waals surface area contributed by atoms with Gasteiger partial charge in [-0.2, -0.15) is 23.5 Å². The molecule has 0 fully saturated rings. The van der Waals surface area contributed by atoms with Crippen molar-refractivity contribution in [1.82, 2.24) is 10.6 Å². The second kappa shape index (κ2) is 11.7. The lowest BCUT2D eigenvalue weighted by atomic mass is 10.1. The number of thioether (sulfide) groups is 2. The van der Waals surface area contributed by atoms with E-state index in [0.717, 1.165) is 48.1 Å². The molecule has 0 unspecified atom stereocenters. The van der Waals surface area contributed by atoms with Gasteiger partial charge in [-0.25, -0.2) is 9.38 Å². The van der Waals surface area contributed by atoms with Crippen molar-refractivity contribution in [2.24, 2.45) is 4.99 Å². The number of benzene rings is 1. The molecular weight excluding hydrogens is 317 g/mol. The van der Waals surface area contributed by atoms with E-state index in [4.69, 9.17) is 0 Å². The highest BCUT2D eigenvalue weighted by Crippen LogP contribution is 2.17. The van der Waals surface area contributed by atoms with E-state index in [9.17, 15) is 4.39 Å². The van der Waals surface area contributed by atoms with Gasteiger partial charge in [-0.1, -0.05) is 6.07 Å². The van der Waals surface area contributed by atoms with E-state index >= 15 is 0 Å². The minimum absolute atomic E-state index is 0.182. The van der Waals surface area contributed by atoms with Gasteiger partial charge in [0.15, 0.2) is 5.96 Å². The summed E-state index contributed by atoms with van der Waals surface area (Å²) < 4.78 is 13.4. The molecule has 0 atom stereocenters. The molecule has 0 bridgehead atoms. The van der Waals surface area contributed by atoms with E-state index in [1.807, 2.05) is 24.1 Å². The number of aliphatic imine (C=N–C) groups is 1. The van der Waals surface area contributed by atoms with Gasteiger partial charge >= 0.3 is 0 Å². The SMILES string of the molecule is CCNC(=NCc1ccc(F)cc1CSC)NCCCSC. The highest BCUT2D eigenvalue weighted by atomic mass is 32.2. The second-order valence-corrected chi connectivity index (χ2v) is 6.67. The molecule has 3 nitrogen and oxygen atoms in total. The molecule has 0 amide bonds. The number of rotatable bonds is 9. The van der Waals surface area contributed by atoms with Crippen molar-refractivity contribution in [3.63, 3.8) is 0 Å². The van der Waals surface area contributed by atoms with E-state index in [1.54, 1.807) is 17.8 Å². The quantitative estimate of drug-likeness (QED) is 0.409. The molecule has 1 aromatic rings. The molecular formula is C16H26FN3S2. The van der Waals surface area contributed by atoms with Gasteiger partial charge in [0.05, 0.1) is 6.54 Å². The normalized spacial score (nSPS) is 11.5. The Hall–Kier alpha value is -0.880. The fourth-order valence-corrected chi connectivity index (χ4v) is 2.98. The van der Waals surface area contributed by atoms with Crippen molar-refractivity contribution >= 4 is 29.5 Å². The van der Waals surface area contributed by atoms with Crippen LogP contribution in [0.3, 0.4) is 0 Å². The minimum Gasteiger partial charge on any atom is -0.357 e. The highest BCUT2D eigenvalue weighted by molar-refractivity contribution is 7.98. The molecule has 0 aliphatic heterocycles. The van der Waals surface area contributed by atoms with Gasteiger partial charge in [-0.05, 0) is 54.9 Å². The largest absolute Gasteiger partial charge is 0.357 e. The first-order valence-electron chi connectivity index (χ1n) is 7.48. The Morgan fingerprint density at radius 2 is 2.00 bits per heavy atom. The minimum atomic E-state index is -0.182. The van der Waals surface area contributed by atoms with Crippen molar-refractivity contribution in [2.75, 3.05) is 31.4 Å².